The maximum Gasteiger partial charge on any atom is 0.331 e. The van der Waals surface area contributed by atoms with Crippen LogP contribution in [0.15, 0.2) is 36.7 Å². The molecule has 0 spiro atoms. The Balaban J connectivity index is 1.75. The molecule has 0 unspecified atom stereocenters. The molecule has 2 aromatic rings. The average molecular weight is 361 g/mol. The monoisotopic (exact) mass is 361 g/mol. The quantitative estimate of drug-likeness (QED) is 0.665. The number of carbonyl (C=O) groups is 2. The number of aliphatic carboxylic acids is 1. The second kappa shape index (κ2) is 8.37. The van der Waals surface area contributed by atoms with Gasteiger partial charge in [0.05, 0.1) is 25.6 Å². The molecule has 2 rings (SSSR count). The van der Waals surface area contributed by atoms with Crippen molar-refractivity contribution >= 4 is 17.6 Å². The molecule has 1 aromatic carbocycles. The van der Waals surface area contributed by atoms with Crippen LogP contribution >= 0.6 is 0 Å². The number of ether oxygens (including phenoxy) is 2. The van der Waals surface area contributed by atoms with Crippen molar-refractivity contribution in [2.45, 2.75) is 32.2 Å². The molecule has 2 N–H and O–H groups in total. The third-order valence-corrected chi connectivity index (χ3v) is 3.84. The number of benzene rings is 1. The lowest BCUT2D eigenvalue weighted by Crippen LogP contribution is -2.35. The van der Waals surface area contributed by atoms with Crippen molar-refractivity contribution in [1.82, 2.24) is 9.78 Å². The number of anilines is 1. The van der Waals surface area contributed by atoms with E-state index in [0.717, 1.165) is 5.75 Å². The summed E-state index contributed by atoms with van der Waals surface area (Å²) in [6.45, 7) is 3.47. The molecule has 0 atom stereocenters. The summed E-state index contributed by atoms with van der Waals surface area (Å²) in [5.41, 5.74) is -0.727. The molecule has 1 aromatic heterocycles. The van der Waals surface area contributed by atoms with E-state index < -0.39 is 11.5 Å². The number of carbonyl (C=O) groups excluding carboxylic acids is 1. The van der Waals surface area contributed by atoms with Gasteiger partial charge >= 0.3 is 5.97 Å². The molecule has 26 heavy (non-hydrogen) atoms. The smallest absolute Gasteiger partial charge is 0.331 e. The highest BCUT2D eigenvalue weighted by atomic mass is 16.5. The van der Waals surface area contributed by atoms with Crippen LogP contribution in [0.3, 0.4) is 0 Å². The Morgan fingerprint density at radius 3 is 2.50 bits per heavy atom. The topological polar surface area (TPSA) is 103 Å². The summed E-state index contributed by atoms with van der Waals surface area (Å²) in [4.78, 5) is 23.2. The number of nitrogens with zero attached hydrogens (tertiary/aromatic N) is 2. The standard InChI is InChI=1S/C18H23N3O5/c1-18(2,17(23)24)21-12-13(11-19-21)20-16(22)5-4-10-26-15-8-6-14(25-3)7-9-15/h6-9,11-12H,4-5,10H2,1-3H3,(H,20,22)(H,23,24). The van der Waals surface area contributed by atoms with Crippen LogP contribution in [-0.2, 0) is 15.1 Å². The van der Waals surface area contributed by atoms with Gasteiger partial charge in [-0.25, -0.2) is 4.79 Å². The van der Waals surface area contributed by atoms with E-state index in [9.17, 15) is 14.7 Å². The Labute approximate surface area is 151 Å². The van der Waals surface area contributed by atoms with Gasteiger partial charge in [0.25, 0.3) is 0 Å². The first kappa shape index (κ1) is 19.3. The van der Waals surface area contributed by atoms with Crippen molar-refractivity contribution < 1.29 is 24.2 Å². The average Bonchev–Trinajstić information content (AvgIpc) is 3.08. The van der Waals surface area contributed by atoms with Crippen molar-refractivity contribution in [3.63, 3.8) is 0 Å². The van der Waals surface area contributed by atoms with Gasteiger partial charge in [-0.15, -0.1) is 0 Å². The number of nitrogens with one attached hydrogen (secondary N) is 1. The van der Waals surface area contributed by atoms with E-state index in [0.29, 0.717) is 24.5 Å². The molecule has 0 aliphatic heterocycles. The van der Waals surface area contributed by atoms with Crippen molar-refractivity contribution in [3.05, 3.63) is 36.7 Å². The number of hydrogen-bond donors (Lipinski definition) is 2. The first-order valence-corrected chi connectivity index (χ1v) is 8.18. The molecular weight excluding hydrogens is 338 g/mol. The fraction of sp³-hybridized carbons (Fsp3) is 0.389. The molecule has 1 amide bonds. The van der Waals surface area contributed by atoms with Gasteiger partial charge < -0.3 is 19.9 Å². The minimum absolute atomic E-state index is 0.184. The van der Waals surface area contributed by atoms with Crippen LogP contribution in [-0.4, -0.2) is 40.5 Å². The van der Waals surface area contributed by atoms with E-state index in [2.05, 4.69) is 10.4 Å². The number of aromatic nitrogens is 2. The zero-order valence-electron chi connectivity index (χ0n) is 15.1. The molecule has 0 fully saturated rings. The summed E-state index contributed by atoms with van der Waals surface area (Å²) in [6.07, 6.45) is 3.76. The van der Waals surface area contributed by atoms with Crippen LogP contribution in [0.25, 0.3) is 0 Å². The molecule has 0 saturated heterocycles. The lowest BCUT2D eigenvalue weighted by Gasteiger charge is -2.19. The van der Waals surface area contributed by atoms with Crippen LogP contribution < -0.4 is 14.8 Å². The summed E-state index contributed by atoms with van der Waals surface area (Å²) in [6, 6.07) is 7.21. The number of amides is 1. The number of carboxylic acids is 1. The van der Waals surface area contributed by atoms with Gasteiger partial charge in [0, 0.05) is 12.6 Å². The van der Waals surface area contributed by atoms with E-state index in [1.54, 1.807) is 31.4 Å². The lowest BCUT2D eigenvalue weighted by molar-refractivity contribution is -0.146. The Kier molecular flexibility index (Phi) is 6.21. The summed E-state index contributed by atoms with van der Waals surface area (Å²) < 4.78 is 11.9. The first-order chi connectivity index (χ1) is 12.3. The van der Waals surface area contributed by atoms with Crippen LogP contribution in [0.5, 0.6) is 11.5 Å². The molecule has 0 radical (unpaired) electrons. The highest BCUT2D eigenvalue weighted by molar-refractivity contribution is 5.90. The number of rotatable bonds is 9. The maximum atomic E-state index is 12.0. The Morgan fingerprint density at radius 1 is 1.23 bits per heavy atom. The number of carboxylic acid groups (broad SMARTS) is 1. The summed E-state index contributed by atoms with van der Waals surface area (Å²) in [7, 11) is 1.60. The lowest BCUT2D eigenvalue weighted by atomic mass is 10.1. The fourth-order valence-corrected chi connectivity index (χ4v) is 2.11. The Bertz CT molecular complexity index is 752. The zero-order chi connectivity index (χ0) is 19.2. The maximum absolute atomic E-state index is 12.0. The second-order valence-electron chi connectivity index (χ2n) is 6.21. The minimum Gasteiger partial charge on any atom is -0.497 e. The van der Waals surface area contributed by atoms with Crippen LogP contribution in [0.2, 0.25) is 0 Å². The minimum atomic E-state index is -1.19. The highest BCUT2D eigenvalue weighted by Gasteiger charge is 2.30. The molecule has 0 aliphatic rings. The third kappa shape index (κ3) is 4.98. The van der Waals surface area contributed by atoms with E-state index in [1.807, 2.05) is 0 Å². The van der Waals surface area contributed by atoms with E-state index >= 15 is 0 Å². The van der Waals surface area contributed by atoms with E-state index in [1.165, 1.54) is 30.9 Å². The molecule has 8 nitrogen and oxygen atoms in total. The van der Waals surface area contributed by atoms with Crippen LogP contribution in [0.1, 0.15) is 26.7 Å². The van der Waals surface area contributed by atoms with Gasteiger partial charge in [-0.3, -0.25) is 9.48 Å². The molecule has 0 saturated carbocycles. The van der Waals surface area contributed by atoms with Gasteiger partial charge in [-0.1, -0.05) is 0 Å². The van der Waals surface area contributed by atoms with Gasteiger partial charge in [-0.2, -0.15) is 5.10 Å². The molecule has 8 heteroatoms. The van der Waals surface area contributed by atoms with Gasteiger partial charge in [0.1, 0.15) is 11.5 Å². The van der Waals surface area contributed by atoms with Crippen molar-refractivity contribution in [3.8, 4) is 11.5 Å². The summed E-state index contributed by atoms with van der Waals surface area (Å²) in [5, 5.41) is 15.9. The second-order valence-corrected chi connectivity index (χ2v) is 6.21. The first-order valence-electron chi connectivity index (χ1n) is 8.18. The third-order valence-electron chi connectivity index (χ3n) is 3.84. The molecule has 0 bridgehead atoms. The number of hydrogen-bond acceptors (Lipinski definition) is 5. The number of methoxy groups -OCH3 is 1. The van der Waals surface area contributed by atoms with Crippen molar-refractivity contribution in [2.75, 3.05) is 19.0 Å². The highest BCUT2D eigenvalue weighted by Crippen LogP contribution is 2.18. The fourth-order valence-electron chi connectivity index (χ4n) is 2.11. The summed E-state index contributed by atoms with van der Waals surface area (Å²) >= 11 is 0. The largest absolute Gasteiger partial charge is 0.497 e. The van der Waals surface area contributed by atoms with E-state index in [-0.39, 0.29) is 12.3 Å². The van der Waals surface area contributed by atoms with Crippen LogP contribution in [0, 0.1) is 0 Å². The predicted octanol–water partition coefficient (Wildman–Crippen LogP) is 2.51. The van der Waals surface area contributed by atoms with Gasteiger partial charge in [-0.05, 0) is 44.5 Å². The summed E-state index contributed by atoms with van der Waals surface area (Å²) in [5.74, 6) is 0.275. The molecule has 1 heterocycles. The predicted molar refractivity (Wildman–Crippen MR) is 95.5 cm³/mol. The SMILES string of the molecule is COc1ccc(OCCCC(=O)Nc2cnn(C(C)(C)C(=O)O)c2)cc1. The molecule has 140 valence electrons. The normalized spacial score (nSPS) is 11.0. The van der Waals surface area contributed by atoms with Crippen molar-refractivity contribution in [1.29, 1.82) is 0 Å². The Hall–Kier alpha value is -3.03. The van der Waals surface area contributed by atoms with Gasteiger partial charge in [0.2, 0.25) is 5.91 Å². The zero-order valence-corrected chi connectivity index (χ0v) is 15.1. The van der Waals surface area contributed by atoms with Gasteiger partial charge in [0.15, 0.2) is 5.54 Å². The van der Waals surface area contributed by atoms with Crippen LogP contribution in [0.4, 0.5) is 5.69 Å². The Morgan fingerprint density at radius 2 is 1.88 bits per heavy atom. The molecular formula is C18H23N3O5. The molecule has 0 aliphatic carbocycles. The van der Waals surface area contributed by atoms with E-state index in [4.69, 9.17) is 9.47 Å². The van der Waals surface area contributed by atoms with Crippen molar-refractivity contribution in [2.24, 2.45) is 0 Å².